The molecule has 1 aromatic rings. The fraction of sp³-hybridized carbons (Fsp3) is 0.385. The number of hydrogen-bond donors (Lipinski definition) is 2. The molecule has 2 amide bonds. The number of rotatable bonds is 5. The smallest absolute Gasteiger partial charge is 0.254 e. The van der Waals surface area contributed by atoms with Gasteiger partial charge in [0.15, 0.2) is 0 Å². The van der Waals surface area contributed by atoms with Gasteiger partial charge < -0.3 is 16.0 Å². The first-order valence-corrected chi connectivity index (χ1v) is 6.47. The number of carbonyl (C=O) groups is 2. The molecule has 0 aliphatic heterocycles. The number of nitrogens with two attached hydrogens (primary N) is 1. The number of amides is 2. The van der Waals surface area contributed by atoms with E-state index in [1.165, 1.54) is 4.90 Å². The second-order valence-corrected chi connectivity index (χ2v) is 4.48. The van der Waals surface area contributed by atoms with Crippen molar-refractivity contribution in [3.63, 3.8) is 0 Å². The van der Waals surface area contributed by atoms with Crippen molar-refractivity contribution < 1.29 is 9.59 Å². The SMILES string of the molecule is CCNC(=O)CN(CC)C(=O)c1cc(N)cc(Cl)c1. The van der Waals surface area contributed by atoms with Crippen LogP contribution in [0, 0.1) is 0 Å². The van der Waals surface area contributed by atoms with Gasteiger partial charge in [0.25, 0.3) is 5.91 Å². The van der Waals surface area contributed by atoms with E-state index in [9.17, 15) is 9.59 Å². The van der Waals surface area contributed by atoms with Crippen LogP contribution in [0.4, 0.5) is 5.69 Å². The summed E-state index contributed by atoms with van der Waals surface area (Å²) in [5.74, 6) is -0.448. The molecule has 1 rings (SSSR count). The second-order valence-electron chi connectivity index (χ2n) is 4.05. The van der Waals surface area contributed by atoms with Crippen molar-refractivity contribution in [3.8, 4) is 0 Å². The lowest BCUT2D eigenvalue weighted by molar-refractivity contribution is -0.121. The van der Waals surface area contributed by atoms with Crippen molar-refractivity contribution in [1.82, 2.24) is 10.2 Å². The predicted molar refractivity (Wildman–Crippen MR) is 76.1 cm³/mol. The Morgan fingerprint density at radius 1 is 1.32 bits per heavy atom. The topological polar surface area (TPSA) is 75.4 Å². The van der Waals surface area contributed by atoms with Crippen molar-refractivity contribution >= 4 is 29.1 Å². The minimum atomic E-state index is -0.261. The molecule has 0 aromatic heterocycles. The Labute approximate surface area is 117 Å². The molecular weight excluding hydrogens is 266 g/mol. The van der Waals surface area contributed by atoms with Crippen molar-refractivity contribution in [2.24, 2.45) is 0 Å². The summed E-state index contributed by atoms with van der Waals surface area (Å²) >= 11 is 5.87. The van der Waals surface area contributed by atoms with Crippen molar-refractivity contribution in [2.75, 3.05) is 25.4 Å². The van der Waals surface area contributed by atoms with E-state index in [0.29, 0.717) is 29.4 Å². The fourth-order valence-electron chi connectivity index (χ4n) is 1.67. The average molecular weight is 284 g/mol. The quantitative estimate of drug-likeness (QED) is 0.805. The number of carbonyl (C=O) groups excluding carboxylic acids is 2. The van der Waals surface area contributed by atoms with Crippen LogP contribution in [0.5, 0.6) is 0 Å². The van der Waals surface area contributed by atoms with Gasteiger partial charge in [-0.1, -0.05) is 11.6 Å². The first-order chi connectivity index (χ1) is 8.97. The van der Waals surface area contributed by atoms with Crippen LogP contribution in [0.25, 0.3) is 0 Å². The van der Waals surface area contributed by atoms with Gasteiger partial charge in [-0.05, 0) is 32.0 Å². The summed E-state index contributed by atoms with van der Waals surface area (Å²) in [5, 5.41) is 3.06. The number of nitrogens with one attached hydrogen (secondary N) is 1. The van der Waals surface area contributed by atoms with Gasteiger partial charge >= 0.3 is 0 Å². The van der Waals surface area contributed by atoms with Crippen LogP contribution in [-0.4, -0.2) is 36.3 Å². The second kappa shape index (κ2) is 6.99. The summed E-state index contributed by atoms with van der Waals surface area (Å²) in [5.41, 5.74) is 6.46. The molecule has 1 aromatic carbocycles. The highest BCUT2D eigenvalue weighted by molar-refractivity contribution is 6.31. The number of benzene rings is 1. The van der Waals surface area contributed by atoms with E-state index in [1.54, 1.807) is 18.2 Å². The van der Waals surface area contributed by atoms with Gasteiger partial charge in [-0.2, -0.15) is 0 Å². The van der Waals surface area contributed by atoms with Crippen molar-refractivity contribution in [2.45, 2.75) is 13.8 Å². The van der Waals surface area contributed by atoms with Gasteiger partial charge in [0.05, 0.1) is 6.54 Å². The molecule has 0 fully saturated rings. The highest BCUT2D eigenvalue weighted by atomic mass is 35.5. The molecule has 0 aliphatic rings. The normalized spacial score (nSPS) is 10.1. The highest BCUT2D eigenvalue weighted by Crippen LogP contribution is 2.18. The van der Waals surface area contributed by atoms with Gasteiger partial charge in [-0.15, -0.1) is 0 Å². The van der Waals surface area contributed by atoms with Crippen molar-refractivity contribution in [1.29, 1.82) is 0 Å². The molecular formula is C13H18ClN3O2. The zero-order valence-corrected chi connectivity index (χ0v) is 11.8. The Morgan fingerprint density at radius 3 is 2.53 bits per heavy atom. The maximum Gasteiger partial charge on any atom is 0.254 e. The minimum Gasteiger partial charge on any atom is -0.399 e. The predicted octanol–water partition coefficient (Wildman–Crippen LogP) is 1.52. The van der Waals surface area contributed by atoms with Gasteiger partial charge in [0.1, 0.15) is 0 Å². The molecule has 0 bridgehead atoms. The molecule has 0 radical (unpaired) electrons. The van der Waals surface area contributed by atoms with E-state index in [4.69, 9.17) is 17.3 Å². The number of anilines is 1. The van der Waals surface area contributed by atoms with E-state index in [0.717, 1.165) is 0 Å². The number of halogens is 1. The molecule has 0 unspecified atom stereocenters. The first-order valence-electron chi connectivity index (χ1n) is 6.10. The Kier molecular flexibility index (Phi) is 5.63. The van der Waals surface area contributed by atoms with Crippen LogP contribution in [0.2, 0.25) is 5.02 Å². The summed E-state index contributed by atoms with van der Waals surface area (Å²) < 4.78 is 0. The van der Waals surface area contributed by atoms with Gasteiger partial charge in [-0.25, -0.2) is 0 Å². The Morgan fingerprint density at radius 2 is 2.00 bits per heavy atom. The summed E-state index contributed by atoms with van der Waals surface area (Å²) in [7, 11) is 0. The third-order valence-corrected chi connectivity index (χ3v) is 2.76. The number of hydrogen-bond acceptors (Lipinski definition) is 3. The van der Waals surface area contributed by atoms with E-state index in [2.05, 4.69) is 5.32 Å². The molecule has 6 heteroatoms. The molecule has 0 heterocycles. The summed E-state index contributed by atoms with van der Waals surface area (Å²) in [6, 6.07) is 4.66. The van der Waals surface area contributed by atoms with Crippen LogP contribution in [-0.2, 0) is 4.79 Å². The van der Waals surface area contributed by atoms with Crippen LogP contribution in [0.3, 0.4) is 0 Å². The van der Waals surface area contributed by atoms with Crippen LogP contribution >= 0.6 is 11.6 Å². The number of likely N-dealkylation sites (N-methyl/N-ethyl adjacent to an activating group) is 2. The molecule has 104 valence electrons. The van der Waals surface area contributed by atoms with Crippen LogP contribution in [0.15, 0.2) is 18.2 Å². The van der Waals surface area contributed by atoms with Gasteiger partial charge in [0.2, 0.25) is 5.91 Å². The zero-order valence-electron chi connectivity index (χ0n) is 11.1. The number of nitrogen functional groups attached to an aromatic ring is 1. The standard InChI is InChI=1S/C13H18ClN3O2/c1-3-16-12(18)8-17(4-2)13(19)9-5-10(14)7-11(15)6-9/h5-7H,3-4,8,15H2,1-2H3,(H,16,18). The van der Waals surface area contributed by atoms with E-state index in [-0.39, 0.29) is 18.4 Å². The maximum atomic E-state index is 12.3. The largest absolute Gasteiger partial charge is 0.399 e. The lowest BCUT2D eigenvalue weighted by atomic mass is 10.1. The molecule has 0 saturated carbocycles. The summed E-state index contributed by atoms with van der Waals surface area (Å²) in [6.07, 6.45) is 0. The highest BCUT2D eigenvalue weighted by Gasteiger charge is 2.17. The third-order valence-electron chi connectivity index (χ3n) is 2.54. The fourth-order valence-corrected chi connectivity index (χ4v) is 1.92. The maximum absolute atomic E-state index is 12.3. The number of nitrogens with zero attached hydrogens (tertiary/aromatic N) is 1. The molecule has 0 saturated heterocycles. The Balaban J connectivity index is 2.86. The Hall–Kier alpha value is -1.75. The van der Waals surface area contributed by atoms with Crippen LogP contribution < -0.4 is 11.1 Å². The molecule has 0 aliphatic carbocycles. The molecule has 5 nitrogen and oxygen atoms in total. The first kappa shape index (κ1) is 15.3. The van der Waals surface area contributed by atoms with E-state index < -0.39 is 0 Å². The third kappa shape index (κ3) is 4.44. The van der Waals surface area contributed by atoms with E-state index >= 15 is 0 Å². The lowest BCUT2D eigenvalue weighted by Gasteiger charge is -2.20. The summed E-state index contributed by atoms with van der Waals surface area (Å²) in [4.78, 5) is 25.2. The summed E-state index contributed by atoms with van der Waals surface area (Å²) in [6.45, 7) is 4.63. The molecule has 19 heavy (non-hydrogen) atoms. The van der Waals surface area contributed by atoms with Crippen LogP contribution in [0.1, 0.15) is 24.2 Å². The molecule has 0 spiro atoms. The van der Waals surface area contributed by atoms with Gasteiger partial charge in [-0.3, -0.25) is 9.59 Å². The van der Waals surface area contributed by atoms with E-state index in [1.807, 2.05) is 13.8 Å². The monoisotopic (exact) mass is 283 g/mol. The van der Waals surface area contributed by atoms with Crippen molar-refractivity contribution in [3.05, 3.63) is 28.8 Å². The lowest BCUT2D eigenvalue weighted by Crippen LogP contribution is -2.40. The molecule has 3 N–H and O–H groups in total. The minimum absolute atomic E-state index is 0.0234. The average Bonchev–Trinajstić information content (AvgIpc) is 2.34. The van der Waals surface area contributed by atoms with Gasteiger partial charge in [0, 0.05) is 29.4 Å². The Bertz CT molecular complexity index is 457. The molecule has 0 atom stereocenters. The zero-order chi connectivity index (χ0) is 14.4.